The number of imidazole rings is 1. The van der Waals surface area contributed by atoms with Gasteiger partial charge in [0.2, 0.25) is 0 Å². The number of carboxylic acid groups (broad SMARTS) is 1. The molecule has 1 N–H and O–H groups in total. The van der Waals surface area contributed by atoms with Crippen molar-refractivity contribution in [3.63, 3.8) is 0 Å². The third kappa shape index (κ3) is 5.28. The molecule has 0 aliphatic heterocycles. The molecule has 0 unspecified atom stereocenters. The maximum Gasteiger partial charge on any atom is 0.490 e. The van der Waals surface area contributed by atoms with Crippen LogP contribution in [0.2, 0.25) is 0 Å². The van der Waals surface area contributed by atoms with Gasteiger partial charge in [-0.05, 0) is 24.6 Å². The quantitative estimate of drug-likeness (QED) is 0.786. The molecule has 2 aromatic rings. The zero-order chi connectivity index (χ0) is 18.7. The summed E-state index contributed by atoms with van der Waals surface area (Å²) in [5.41, 5.74) is 1.34. The van der Waals surface area contributed by atoms with E-state index in [9.17, 15) is 26.3 Å². The summed E-state index contributed by atoms with van der Waals surface area (Å²) in [6.45, 7) is 1.65. The van der Waals surface area contributed by atoms with E-state index in [1.165, 1.54) is 6.07 Å². The Balaban J connectivity index is 0.000000351. The van der Waals surface area contributed by atoms with Crippen LogP contribution in [0.3, 0.4) is 0 Å². The first-order valence-corrected chi connectivity index (χ1v) is 6.28. The molecule has 0 aliphatic carbocycles. The van der Waals surface area contributed by atoms with Crippen LogP contribution >= 0.6 is 0 Å². The maximum atomic E-state index is 12.5. The number of carbonyl (C=O) groups is 1. The molecule has 2 rings (SSSR count). The third-order valence-electron chi connectivity index (χ3n) is 2.78. The summed E-state index contributed by atoms with van der Waals surface area (Å²) in [4.78, 5) is 13.0. The van der Waals surface area contributed by atoms with Crippen molar-refractivity contribution in [1.29, 1.82) is 0 Å². The van der Waals surface area contributed by atoms with E-state index < -0.39 is 23.9 Å². The molecular formula is C14H12F6N2O2. The van der Waals surface area contributed by atoms with Crippen molar-refractivity contribution in [3.8, 4) is 11.3 Å². The average Bonchev–Trinajstić information content (AvgIpc) is 2.83. The van der Waals surface area contributed by atoms with Crippen LogP contribution < -0.4 is 0 Å². The molecule has 1 heterocycles. The smallest absolute Gasteiger partial charge is 0.475 e. The molecule has 24 heavy (non-hydrogen) atoms. The third-order valence-corrected chi connectivity index (χ3v) is 2.78. The molecule has 0 radical (unpaired) electrons. The second kappa shape index (κ2) is 6.93. The van der Waals surface area contributed by atoms with Crippen LogP contribution in [0.4, 0.5) is 26.3 Å². The fourth-order valence-electron chi connectivity index (χ4n) is 1.68. The molecule has 1 aromatic heterocycles. The summed E-state index contributed by atoms with van der Waals surface area (Å²) in [5, 5.41) is 7.12. The van der Waals surface area contributed by atoms with Gasteiger partial charge in [0, 0.05) is 18.8 Å². The number of hydrogen-bond donors (Lipinski definition) is 1. The van der Waals surface area contributed by atoms with E-state index in [4.69, 9.17) is 9.90 Å². The molecule has 0 amide bonds. The number of benzene rings is 1. The van der Waals surface area contributed by atoms with Gasteiger partial charge >= 0.3 is 18.3 Å². The van der Waals surface area contributed by atoms with Gasteiger partial charge in [-0.3, -0.25) is 0 Å². The lowest BCUT2D eigenvalue weighted by atomic mass is 10.0. The van der Waals surface area contributed by atoms with Crippen LogP contribution in [0.15, 0.2) is 30.7 Å². The Hall–Kier alpha value is -2.52. The van der Waals surface area contributed by atoms with Crippen LogP contribution in [0, 0.1) is 6.92 Å². The molecule has 0 fully saturated rings. The average molecular weight is 354 g/mol. The van der Waals surface area contributed by atoms with Crippen molar-refractivity contribution in [2.75, 3.05) is 0 Å². The van der Waals surface area contributed by atoms with Gasteiger partial charge in [0.1, 0.15) is 0 Å². The van der Waals surface area contributed by atoms with Crippen molar-refractivity contribution in [1.82, 2.24) is 9.55 Å². The van der Waals surface area contributed by atoms with Gasteiger partial charge in [0.15, 0.2) is 0 Å². The predicted octanol–water partition coefficient (Wildman–Crippen LogP) is 4.05. The first-order chi connectivity index (χ1) is 10.8. The number of nitrogens with zero attached hydrogens (tertiary/aromatic N) is 2. The Morgan fingerprint density at radius 2 is 1.71 bits per heavy atom. The van der Waals surface area contributed by atoms with Gasteiger partial charge in [-0.1, -0.05) is 6.07 Å². The lowest BCUT2D eigenvalue weighted by Gasteiger charge is -2.09. The summed E-state index contributed by atoms with van der Waals surface area (Å²) < 4.78 is 71.0. The number of rotatable bonds is 1. The summed E-state index contributed by atoms with van der Waals surface area (Å²) >= 11 is 0. The summed E-state index contributed by atoms with van der Waals surface area (Å²) in [7, 11) is 1.82. The largest absolute Gasteiger partial charge is 0.490 e. The minimum Gasteiger partial charge on any atom is -0.475 e. The van der Waals surface area contributed by atoms with E-state index in [0.29, 0.717) is 11.3 Å². The van der Waals surface area contributed by atoms with Crippen molar-refractivity contribution >= 4 is 5.97 Å². The molecule has 0 aliphatic rings. The van der Waals surface area contributed by atoms with Crippen molar-refractivity contribution in [2.45, 2.75) is 19.3 Å². The number of aliphatic carboxylic acids is 1. The first-order valence-electron chi connectivity index (χ1n) is 6.28. The van der Waals surface area contributed by atoms with E-state index in [1.807, 2.05) is 7.05 Å². The summed E-state index contributed by atoms with van der Waals surface area (Å²) in [6, 6.07) is 3.68. The number of aromatic nitrogens is 2. The Morgan fingerprint density at radius 3 is 2.04 bits per heavy atom. The highest BCUT2D eigenvalue weighted by Crippen LogP contribution is 2.32. The molecule has 4 nitrogen and oxygen atoms in total. The topological polar surface area (TPSA) is 55.1 Å². The highest BCUT2D eigenvalue weighted by Gasteiger charge is 2.38. The van der Waals surface area contributed by atoms with E-state index in [0.717, 1.165) is 17.7 Å². The van der Waals surface area contributed by atoms with Crippen molar-refractivity contribution < 1.29 is 36.2 Å². The molecule has 0 bridgehead atoms. The van der Waals surface area contributed by atoms with E-state index in [2.05, 4.69) is 4.98 Å². The zero-order valence-corrected chi connectivity index (χ0v) is 12.4. The Kier molecular flexibility index (Phi) is 5.64. The summed E-state index contributed by atoms with van der Waals surface area (Å²) in [5.74, 6) is -2.76. The maximum absolute atomic E-state index is 12.5. The van der Waals surface area contributed by atoms with Crippen LogP contribution in [0.25, 0.3) is 11.3 Å². The molecular weight excluding hydrogens is 342 g/mol. The van der Waals surface area contributed by atoms with Crippen LogP contribution in [0.5, 0.6) is 0 Å². The van der Waals surface area contributed by atoms with Gasteiger partial charge in [-0.15, -0.1) is 0 Å². The lowest BCUT2D eigenvalue weighted by molar-refractivity contribution is -0.192. The van der Waals surface area contributed by atoms with Gasteiger partial charge in [0.25, 0.3) is 0 Å². The lowest BCUT2D eigenvalue weighted by Crippen LogP contribution is -2.21. The molecule has 0 saturated heterocycles. The van der Waals surface area contributed by atoms with Crippen LogP contribution in [-0.4, -0.2) is 26.8 Å². The van der Waals surface area contributed by atoms with Crippen LogP contribution in [-0.2, 0) is 18.0 Å². The Labute approximate surface area is 132 Å². The predicted molar refractivity (Wildman–Crippen MR) is 72.1 cm³/mol. The first kappa shape index (κ1) is 19.5. The van der Waals surface area contributed by atoms with Gasteiger partial charge < -0.3 is 9.67 Å². The SMILES string of the molecule is Cc1cc(C(F)(F)F)ccc1-c1cn(C)cn1.O=C(O)C(F)(F)F. The van der Waals surface area contributed by atoms with Crippen molar-refractivity contribution in [3.05, 3.63) is 41.9 Å². The summed E-state index contributed by atoms with van der Waals surface area (Å²) in [6.07, 6.45) is -5.99. The molecule has 10 heteroatoms. The van der Waals surface area contributed by atoms with E-state index in [1.54, 1.807) is 24.0 Å². The highest BCUT2D eigenvalue weighted by molar-refractivity contribution is 5.73. The Morgan fingerprint density at radius 1 is 1.17 bits per heavy atom. The van der Waals surface area contributed by atoms with Gasteiger partial charge in [-0.25, -0.2) is 9.78 Å². The molecule has 0 saturated carbocycles. The molecule has 0 atom stereocenters. The zero-order valence-electron chi connectivity index (χ0n) is 12.4. The second-order valence-corrected chi connectivity index (χ2v) is 4.75. The van der Waals surface area contributed by atoms with E-state index >= 15 is 0 Å². The number of alkyl halides is 6. The van der Waals surface area contributed by atoms with Gasteiger partial charge in [0.05, 0.1) is 17.6 Å². The van der Waals surface area contributed by atoms with Crippen LogP contribution in [0.1, 0.15) is 11.1 Å². The normalized spacial score (nSPS) is 11.7. The molecule has 1 aromatic carbocycles. The Bertz CT molecular complexity index is 719. The molecule has 132 valence electrons. The van der Waals surface area contributed by atoms with E-state index in [-0.39, 0.29) is 0 Å². The fraction of sp³-hybridized carbons (Fsp3) is 0.286. The number of aryl methyl sites for hydroxylation is 2. The highest BCUT2D eigenvalue weighted by atomic mass is 19.4. The minimum absolute atomic E-state index is 0.568. The number of hydrogen-bond acceptors (Lipinski definition) is 2. The van der Waals surface area contributed by atoms with Gasteiger partial charge in [-0.2, -0.15) is 26.3 Å². The number of carboxylic acids is 1. The monoisotopic (exact) mass is 354 g/mol. The minimum atomic E-state index is -5.08. The number of halogens is 6. The van der Waals surface area contributed by atoms with Crippen molar-refractivity contribution in [2.24, 2.45) is 7.05 Å². The molecule has 0 spiro atoms. The second-order valence-electron chi connectivity index (χ2n) is 4.75. The standard InChI is InChI=1S/C12H11F3N2.C2HF3O2/c1-8-5-9(12(13,14)15)3-4-10(8)11-6-17(2)7-16-11;3-2(4,5)1(6)7/h3-7H,1-2H3;(H,6,7). The fourth-order valence-corrected chi connectivity index (χ4v) is 1.68.